The van der Waals surface area contributed by atoms with E-state index in [0.717, 1.165) is 16.8 Å². The highest BCUT2D eigenvalue weighted by Gasteiger charge is 2.16. The van der Waals surface area contributed by atoms with Gasteiger partial charge in [-0.3, -0.25) is 4.79 Å². The van der Waals surface area contributed by atoms with Gasteiger partial charge in [-0.25, -0.2) is 0 Å². The van der Waals surface area contributed by atoms with E-state index in [-0.39, 0.29) is 5.91 Å². The Morgan fingerprint density at radius 3 is 2.20 bits per heavy atom. The van der Waals surface area contributed by atoms with Gasteiger partial charge >= 0.3 is 0 Å². The van der Waals surface area contributed by atoms with Crippen LogP contribution in [-0.4, -0.2) is 27.2 Å². The largest absolute Gasteiger partial charge is 0.493 e. The lowest BCUT2D eigenvalue weighted by atomic mass is 10.1. The number of hydrogen-bond acceptors (Lipinski definition) is 5. The van der Waals surface area contributed by atoms with Gasteiger partial charge in [-0.2, -0.15) is 0 Å². The van der Waals surface area contributed by atoms with Crippen molar-refractivity contribution in [2.75, 3.05) is 26.2 Å². The van der Waals surface area contributed by atoms with Crippen LogP contribution in [0.15, 0.2) is 65.3 Å². The fourth-order valence-electron chi connectivity index (χ4n) is 3.03. The molecule has 1 amide bonds. The Labute approximate surface area is 176 Å². The van der Waals surface area contributed by atoms with Gasteiger partial charge in [-0.1, -0.05) is 17.7 Å². The molecular formula is C24H25NO5. The average Bonchev–Trinajstić information content (AvgIpc) is 3.29. The average molecular weight is 407 g/mol. The number of methoxy groups -OCH3 is 3. The quantitative estimate of drug-likeness (QED) is 0.499. The Bertz CT molecular complexity index is 982. The van der Waals surface area contributed by atoms with Crippen molar-refractivity contribution in [3.8, 4) is 17.2 Å². The number of aryl methyl sites for hydroxylation is 1. The first-order chi connectivity index (χ1) is 14.5. The number of rotatable bonds is 8. The van der Waals surface area contributed by atoms with E-state index in [1.807, 2.05) is 37.3 Å². The summed E-state index contributed by atoms with van der Waals surface area (Å²) in [6, 6.07) is 15.0. The maximum absolute atomic E-state index is 13.1. The highest BCUT2D eigenvalue weighted by Crippen LogP contribution is 2.38. The number of carbonyl (C=O) groups excluding carboxylic acids is 1. The van der Waals surface area contributed by atoms with Crippen LogP contribution in [0.25, 0.3) is 6.08 Å². The van der Waals surface area contributed by atoms with E-state index in [9.17, 15) is 4.79 Å². The van der Waals surface area contributed by atoms with Gasteiger partial charge in [-0.05, 0) is 55.0 Å². The van der Waals surface area contributed by atoms with Crippen molar-refractivity contribution in [1.29, 1.82) is 0 Å². The predicted molar refractivity (Wildman–Crippen MR) is 116 cm³/mol. The summed E-state index contributed by atoms with van der Waals surface area (Å²) >= 11 is 0. The fraction of sp³-hybridized carbons (Fsp3) is 0.208. The second-order valence-corrected chi connectivity index (χ2v) is 6.63. The van der Waals surface area contributed by atoms with E-state index < -0.39 is 0 Å². The van der Waals surface area contributed by atoms with Crippen molar-refractivity contribution in [2.24, 2.45) is 0 Å². The number of amides is 1. The lowest BCUT2D eigenvalue weighted by Gasteiger charge is -2.20. The molecule has 0 radical (unpaired) electrons. The first kappa shape index (κ1) is 21.0. The molecule has 3 aromatic rings. The molecule has 1 aromatic heterocycles. The Kier molecular flexibility index (Phi) is 6.80. The van der Waals surface area contributed by atoms with Crippen molar-refractivity contribution < 1.29 is 23.4 Å². The summed E-state index contributed by atoms with van der Waals surface area (Å²) in [5.41, 5.74) is 2.66. The summed E-state index contributed by atoms with van der Waals surface area (Å²) < 4.78 is 21.5. The van der Waals surface area contributed by atoms with Crippen LogP contribution in [0.1, 0.15) is 16.9 Å². The van der Waals surface area contributed by atoms with Gasteiger partial charge in [0.1, 0.15) is 5.76 Å². The van der Waals surface area contributed by atoms with Crippen molar-refractivity contribution in [3.63, 3.8) is 0 Å². The standard InChI is InChI=1S/C24H25NO5/c1-17-7-10-19(11-8-17)25(16-20-6-5-13-30-20)23(26)12-9-18-14-21(27-2)24(29-4)22(15-18)28-3/h5-15H,16H2,1-4H3/b12-9+. The van der Waals surface area contributed by atoms with Crippen molar-refractivity contribution >= 4 is 17.7 Å². The molecule has 30 heavy (non-hydrogen) atoms. The molecule has 0 aliphatic heterocycles. The summed E-state index contributed by atoms with van der Waals surface area (Å²) in [7, 11) is 4.66. The first-order valence-electron chi connectivity index (χ1n) is 9.44. The third kappa shape index (κ3) is 4.84. The maximum atomic E-state index is 13.1. The zero-order valence-corrected chi connectivity index (χ0v) is 17.5. The molecule has 0 spiro atoms. The topological polar surface area (TPSA) is 61.1 Å². The molecule has 0 unspecified atom stereocenters. The highest BCUT2D eigenvalue weighted by molar-refractivity contribution is 6.03. The van der Waals surface area contributed by atoms with Crippen LogP contribution in [0, 0.1) is 6.92 Å². The number of furan rings is 1. The van der Waals surface area contributed by atoms with E-state index >= 15 is 0 Å². The van der Waals surface area contributed by atoms with E-state index in [2.05, 4.69) is 0 Å². The SMILES string of the molecule is COc1cc(/C=C/C(=O)N(Cc2ccco2)c2ccc(C)cc2)cc(OC)c1OC. The Hall–Kier alpha value is -3.67. The van der Waals surface area contributed by atoms with Gasteiger partial charge < -0.3 is 23.5 Å². The molecule has 0 saturated heterocycles. The number of carbonyl (C=O) groups is 1. The molecule has 0 aliphatic carbocycles. The maximum Gasteiger partial charge on any atom is 0.251 e. The number of hydrogen-bond donors (Lipinski definition) is 0. The summed E-state index contributed by atoms with van der Waals surface area (Å²) in [5.74, 6) is 2.07. The first-order valence-corrected chi connectivity index (χ1v) is 9.44. The number of benzene rings is 2. The lowest BCUT2D eigenvalue weighted by Crippen LogP contribution is -2.28. The molecular weight excluding hydrogens is 382 g/mol. The predicted octanol–water partition coefficient (Wildman–Crippen LogP) is 4.86. The van der Waals surface area contributed by atoms with Crippen molar-refractivity contribution in [1.82, 2.24) is 0 Å². The molecule has 6 nitrogen and oxygen atoms in total. The second-order valence-electron chi connectivity index (χ2n) is 6.63. The summed E-state index contributed by atoms with van der Waals surface area (Å²) in [6.07, 6.45) is 4.83. The van der Waals surface area contributed by atoms with Gasteiger partial charge in [0.05, 0.1) is 34.1 Å². The molecule has 0 bridgehead atoms. The Balaban J connectivity index is 1.89. The monoisotopic (exact) mass is 407 g/mol. The van der Waals surface area contributed by atoms with Crippen LogP contribution in [0.3, 0.4) is 0 Å². The van der Waals surface area contributed by atoms with E-state index in [1.165, 1.54) is 6.08 Å². The van der Waals surface area contributed by atoms with E-state index in [0.29, 0.717) is 29.6 Å². The van der Waals surface area contributed by atoms with Crippen molar-refractivity contribution in [2.45, 2.75) is 13.5 Å². The Morgan fingerprint density at radius 2 is 1.67 bits per heavy atom. The van der Waals surface area contributed by atoms with Crippen LogP contribution in [0.4, 0.5) is 5.69 Å². The van der Waals surface area contributed by atoms with Gasteiger partial charge in [0.25, 0.3) is 5.91 Å². The summed E-state index contributed by atoms with van der Waals surface area (Å²) in [6.45, 7) is 2.33. The van der Waals surface area contributed by atoms with Crippen LogP contribution in [-0.2, 0) is 11.3 Å². The van der Waals surface area contributed by atoms with Gasteiger partial charge in [0.15, 0.2) is 11.5 Å². The molecule has 0 fully saturated rings. The minimum absolute atomic E-state index is 0.177. The molecule has 156 valence electrons. The molecule has 2 aromatic carbocycles. The molecule has 6 heteroatoms. The summed E-state index contributed by atoms with van der Waals surface area (Å²) in [5, 5.41) is 0. The highest BCUT2D eigenvalue weighted by atomic mass is 16.5. The molecule has 0 aliphatic rings. The number of nitrogens with zero attached hydrogens (tertiary/aromatic N) is 1. The van der Waals surface area contributed by atoms with Gasteiger partial charge in [0, 0.05) is 11.8 Å². The minimum Gasteiger partial charge on any atom is -0.493 e. The fourth-order valence-corrected chi connectivity index (χ4v) is 3.03. The Morgan fingerprint density at radius 1 is 1.00 bits per heavy atom. The molecule has 0 atom stereocenters. The van der Waals surface area contributed by atoms with Gasteiger partial charge in [-0.15, -0.1) is 0 Å². The van der Waals surface area contributed by atoms with Crippen LogP contribution >= 0.6 is 0 Å². The molecule has 0 saturated carbocycles. The normalized spacial score (nSPS) is 10.8. The minimum atomic E-state index is -0.177. The van der Waals surface area contributed by atoms with Gasteiger partial charge in [0.2, 0.25) is 5.75 Å². The third-order valence-electron chi connectivity index (χ3n) is 4.61. The lowest BCUT2D eigenvalue weighted by molar-refractivity contribution is -0.114. The van der Waals surface area contributed by atoms with Crippen molar-refractivity contribution in [3.05, 3.63) is 77.8 Å². The van der Waals surface area contributed by atoms with E-state index in [4.69, 9.17) is 18.6 Å². The number of anilines is 1. The smallest absolute Gasteiger partial charge is 0.251 e. The molecule has 3 rings (SSSR count). The summed E-state index contributed by atoms with van der Waals surface area (Å²) in [4.78, 5) is 14.7. The zero-order valence-electron chi connectivity index (χ0n) is 17.5. The second kappa shape index (κ2) is 9.69. The molecule has 1 heterocycles. The number of ether oxygens (including phenoxy) is 3. The molecule has 0 N–H and O–H groups in total. The van der Waals surface area contributed by atoms with Crippen LogP contribution in [0.5, 0.6) is 17.2 Å². The zero-order chi connectivity index (χ0) is 21.5. The third-order valence-corrected chi connectivity index (χ3v) is 4.61. The van der Waals surface area contributed by atoms with E-state index in [1.54, 1.807) is 56.8 Å². The van der Waals surface area contributed by atoms with Crippen LogP contribution < -0.4 is 19.1 Å². The van der Waals surface area contributed by atoms with Crippen LogP contribution in [0.2, 0.25) is 0 Å².